The van der Waals surface area contributed by atoms with Gasteiger partial charge in [-0.2, -0.15) is 11.8 Å². The minimum Gasteiger partial charge on any atom is -0.467 e. The Morgan fingerprint density at radius 1 is 1.35 bits per heavy atom. The summed E-state index contributed by atoms with van der Waals surface area (Å²) in [6, 6.07) is 6.94. The maximum absolute atomic E-state index is 12.0. The molecule has 0 aliphatic carbocycles. The summed E-state index contributed by atoms with van der Waals surface area (Å²) in [7, 11) is 1.33. The summed E-state index contributed by atoms with van der Waals surface area (Å²) in [5.74, 6) is 0.213. The summed E-state index contributed by atoms with van der Waals surface area (Å²) in [4.78, 5) is 23.6. The Hall–Kier alpha value is -1.01. The Labute approximate surface area is 131 Å². The molecule has 4 nitrogen and oxygen atoms in total. The predicted octanol–water partition coefficient (Wildman–Crippen LogP) is 2.40. The lowest BCUT2D eigenvalue weighted by atomic mass is 10.1. The van der Waals surface area contributed by atoms with Crippen LogP contribution in [0, 0.1) is 0 Å². The fourth-order valence-electron chi connectivity index (χ4n) is 1.66. The van der Waals surface area contributed by atoms with E-state index in [1.54, 1.807) is 11.8 Å². The van der Waals surface area contributed by atoms with Gasteiger partial charge in [0.2, 0.25) is 5.91 Å². The molecule has 0 aliphatic rings. The number of rotatable bonds is 7. The lowest BCUT2D eigenvalue weighted by Crippen LogP contribution is -2.42. The zero-order valence-corrected chi connectivity index (χ0v) is 13.9. The van der Waals surface area contributed by atoms with Crippen molar-refractivity contribution in [3.63, 3.8) is 0 Å². The Balaban J connectivity index is 2.56. The van der Waals surface area contributed by atoms with Gasteiger partial charge in [-0.1, -0.05) is 28.1 Å². The van der Waals surface area contributed by atoms with Gasteiger partial charge in [0.25, 0.3) is 0 Å². The third kappa shape index (κ3) is 5.96. The first-order valence-corrected chi connectivity index (χ1v) is 8.36. The first-order valence-electron chi connectivity index (χ1n) is 6.17. The third-order valence-corrected chi connectivity index (χ3v) is 3.88. The molecule has 0 heterocycles. The van der Waals surface area contributed by atoms with E-state index < -0.39 is 12.0 Å². The number of halogens is 1. The minimum absolute atomic E-state index is 0.177. The highest BCUT2D eigenvalue weighted by Gasteiger charge is 2.20. The normalized spacial score (nSPS) is 11.8. The van der Waals surface area contributed by atoms with Crippen LogP contribution in [0.15, 0.2) is 28.7 Å². The van der Waals surface area contributed by atoms with Crippen molar-refractivity contribution < 1.29 is 14.3 Å². The largest absolute Gasteiger partial charge is 0.467 e. The molecule has 1 aromatic carbocycles. The van der Waals surface area contributed by atoms with Gasteiger partial charge >= 0.3 is 5.97 Å². The van der Waals surface area contributed by atoms with Crippen LogP contribution in [0.25, 0.3) is 0 Å². The first-order chi connectivity index (χ1) is 9.56. The van der Waals surface area contributed by atoms with E-state index in [-0.39, 0.29) is 12.3 Å². The van der Waals surface area contributed by atoms with Gasteiger partial charge in [0.05, 0.1) is 13.5 Å². The van der Waals surface area contributed by atoms with Gasteiger partial charge in [-0.05, 0) is 36.1 Å². The van der Waals surface area contributed by atoms with E-state index in [0.29, 0.717) is 6.42 Å². The second-order valence-electron chi connectivity index (χ2n) is 4.23. The number of carbonyl (C=O) groups excluding carboxylic acids is 2. The number of methoxy groups -OCH3 is 1. The lowest BCUT2D eigenvalue weighted by molar-refractivity contribution is -0.145. The average Bonchev–Trinajstić information content (AvgIpc) is 2.45. The number of hydrogen-bond donors (Lipinski definition) is 1. The van der Waals surface area contributed by atoms with E-state index in [1.165, 1.54) is 7.11 Å². The number of thioether (sulfide) groups is 1. The van der Waals surface area contributed by atoms with E-state index >= 15 is 0 Å². The van der Waals surface area contributed by atoms with Gasteiger partial charge in [0.15, 0.2) is 0 Å². The van der Waals surface area contributed by atoms with E-state index in [0.717, 1.165) is 15.8 Å². The predicted molar refractivity (Wildman–Crippen MR) is 84.8 cm³/mol. The van der Waals surface area contributed by atoms with E-state index in [9.17, 15) is 9.59 Å². The molecular formula is C14H18BrNO3S. The Kier molecular flexibility index (Phi) is 7.69. The van der Waals surface area contributed by atoms with Crippen molar-refractivity contribution >= 4 is 39.6 Å². The Morgan fingerprint density at radius 3 is 2.55 bits per heavy atom. The smallest absolute Gasteiger partial charge is 0.328 e. The molecular weight excluding hydrogens is 342 g/mol. The van der Waals surface area contributed by atoms with Crippen molar-refractivity contribution in [3.8, 4) is 0 Å². The third-order valence-electron chi connectivity index (χ3n) is 2.71. The maximum Gasteiger partial charge on any atom is 0.328 e. The van der Waals surface area contributed by atoms with Crippen molar-refractivity contribution in [1.82, 2.24) is 5.32 Å². The highest BCUT2D eigenvalue weighted by Crippen LogP contribution is 2.11. The van der Waals surface area contributed by atoms with Crippen molar-refractivity contribution in [3.05, 3.63) is 34.3 Å². The van der Waals surface area contributed by atoms with Crippen LogP contribution >= 0.6 is 27.7 Å². The van der Waals surface area contributed by atoms with Gasteiger partial charge in [-0.15, -0.1) is 0 Å². The van der Waals surface area contributed by atoms with Crippen molar-refractivity contribution in [2.24, 2.45) is 0 Å². The van der Waals surface area contributed by atoms with Crippen LogP contribution in [0.3, 0.4) is 0 Å². The molecule has 0 bridgehead atoms. The molecule has 1 atom stereocenters. The number of ether oxygens (including phenoxy) is 1. The van der Waals surface area contributed by atoms with Crippen LogP contribution in [-0.2, 0) is 20.7 Å². The van der Waals surface area contributed by atoms with E-state index in [1.807, 2.05) is 30.5 Å². The molecule has 20 heavy (non-hydrogen) atoms. The van der Waals surface area contributed by atoms with Gasteiger partial charge in [0, 0.05) is 4.47 Å². The van der Waals surface area contributed by atoms with Crippen molar-refractivity contribution in [2.75, 3.05) is 19.1 Å². The lowest BCUT2D eigenvalue weighted by Gasteiger charge is -2.16. The highest BCUT2D eigenvalue weighted by atomic mass is 79.9. The van der Waals surface area contributed by atoms with Crippen LogP contribution in [0.2, 0.25) is 0 Å². The number of nitrogens with one attached hydrogen (secondary N) is 1. The molecule has 0 spiro atoms. The summed E-state index contributed by atoms with van der Waals surface area (Å²) in [5, 5.41) is 2.73. The highest BCUT2D eigenvalue weighted by molar-refractivity contribution is 9.10. The summed E-state index contributed by atoms with van der Waals surface area (Å²) in [5.41, 5.74) is 0.902. The molecule has 0 saturated carbocycles. The molecule has 0 fully saturated rings. The molecule has 1 N–H and O–H groups in total. The van der Waals surface area contributed by atoms with Crippen LogP contribution in [0.4, 0.5) is 0 Å². The van der Waals surface area contributed by atoms with Crippen LogP contribution < -0.4 is 5.32 Å². The fraction of sp³-hybridized carbons (Fsp3) is 0.429. The second-order valence-corrected chi connectivity index (χ2v) is 6.13. The minimum atomic E-state index is -0.574. The average molecular weight is 360 g/mol. The van der Waals surface area contributed by atoms with Gasteiger partial charge in [0.1, 0.15) is 6.04 Å². The summed E-state index contributed by atoms with van der Waals surface area (Å²) >= 11 is 4.97. The molecule has 0 unspecified atom stereocenters. The monoisotopic (exact) mass is 359 g/mol. The molecule has 0 saturated heterocycles. The van der Waals surface area contributed by atoms with E-state index in [4.69, 9.17) is 4.74 Å². The Morgan fingerprint density at radius 2 is 2.00 bits per heavy atom. The molecule has 1 amide bonds. The standard InChI is InChI=1S/C14H18BrNO3S/c1-19-14(18)12(7-8-20-2)16-13(17)9-10-3-5-11(15)6-4-10/h3-6,12H,7-9H2,1-2H3,(H,16,17)/t12-/m1/s1. The maximum atomic E-state index is 12.0. The summed E-state index contributed by atoms with van der Waals surface area (Å²) in [6.07, 6.45) is 2.78. The molecule has 6 heteroatoms. The van der Waals surface area contributed by atoms with E-state index in [2.05, 4.69) is 21.2 Å². The molecule has 1 aromatic rings. The molecule has 0 aromatic heterocycles. The number of esters is 1. The topological polar surface area (TPSA) is 55.4 Å². The molecule has 0 radical (unpaired) electrons. The van der Waals surface area contributed by atoms with Crippen molar-refractivity contribution in [2.45, 2.75) is 18.9 Å². The van der Waals surface area contributed by atoms with Crippen LogP contribution in [-0.4, -0.2) is 37.0 Å². The van der Waals surface area contributed by atoms with Gasteiger partial charge in [-0.25, -0.2) is 4.79 Å². The zero-order valence-electron chi connectivity index (χ0n) is 11.5. The summed E-state index contributed by atoms with van der Waals surface area (Å²) < 4.78 is 5.67. The molecule has 110 valence electrons. The quantitative estimate of drug-likeness (QED) is 0.759. The molecule has 0 aliphatic heterocycles. The Bertz CT molecular complexity index is 450. The molecule has 1 rings (SSSR count). The van der Waals surface area contributed by atoms with Crippen LogP contribution in [0.5, 0.6) is 0 Å². The van der Waals surface area contributed by atoms with Gasteiger partial charge in [-0.3, -0.25) is 4.79 Å². The second kappa shape index (κ2) is 9.02. The number of hydrogen-bond acceptors (Lipinski definition) is 4. The number of carbonyl (C=O) groups is 2. The fourth-order valence-corrected chi connectivity index (χ4v) is 2.40. The first kappa shape index (κ1) is 17.0. The van der Waals surface area contributed by atoms with Crippen molar-refractivity contribution in [1.29, 1.82) is 0 Å². The van der Waals surface area contributed by atoms with Gasteiger partial charge < -0.3 is 10.1 Å². The summed E-state index contributed by atoms with van der Waals surface area (Å²) in [6.45, 7) is 0. The number of benzene rings is 1. The number of amides is 1. The van der Waals surface area contributed by atoms with Crippen LogP contribution in [0.1, 0.15) is 12.0 Å². The zero-order chi connectivity index (χ0) is 15.0. The SMILES string of the molecule is COC(=O)[C@@H](CCSC)NC(=O)Cc1ccc(Br)cc1.